The molecular weight excluding hydrogens is 280 g/mol. The van der Waals surface area contributed by atoms with E-state index in [-0.39, 0.29) is 5.91 Å². The summed E-state index contributed by atoms with van der Waals surface area (Å²) < 4.78 is 6.89. The molecule has 2 heterocycles. The highest BCUT2D eigenvalue weighted by atomic mass is 16.3. The predicted octanol–water partition coefficient (Wildman–Crippen LogP) is 2.29. The molecule has 0 aliphatic heterocycles. The minimum absolute atomic E-state index is 0.273. The van der Waals surface area contributed by atoms with Crippen LogP contribution in [0.25, 0.3) is 0 Å². The first-order valence-corrected chi connectivity index (χ1v) is 6.74. The van der Waals surface area contributed by atoms with Gasteiger partial charge in [-0.05, 0) is 35.9 Å². The van der Waals surface area contributed by atoms with Gasteiger partial charge in [-0.1, -0.05) is 12.1 Å². The standard InChI is InChI=1S/C16H14N4O2/c21-16(19-17-11-15-6-2-9-22-15)14-5-1-4-13(10-14)12-20-8-3-7-18-20/h1-11H,12H2,(H,19,21). The molecule has 2 aromatic heterocycles. The van der Waals surface area contributed by atoms with Crippen molar-refractivity contribution in [1.29, 1.82) is 0 Å². The molecular formula is C16H14N4O2. The second-order valence-corrected chi connectivity index (χ2v) is 4.62. The van der Waals surface area contributed by atoms with Crippen molar-refractivity contribution in [2.45, 2.75) is 6.54 Å². The second-order valence-electron chi connectivity index (χ2n) is 4.62. The van der Waals surface area contributed by atoms with Crippen LogP contribution in [0.5, 0.6) is 0 Å². The maximum Gasteiger partial charge on any atom is 0.271 e. The molecule has 3 rings (SSSR count). The Morgan fingerprint density at radius 1 is 1.32 bits per heavy atom. The van der Waals surface area contributed by atoms with E-state index >= 15 is 0 Å². The van der Waals surface area contributed by atoms with Crippen molar-refractivity contribution in [2.24, 2.45) is 5.10 Å². The van der Waals surface area contributed by atoms with E-state index in [0.717, 1.165) is 5.56 Å². The third kappa shape index (κ3) is 3.49. The zero-order valence-electron chi connectivity index (χ0n) is 11.7. The first kappa shape index (κ1) is 13.8. The normalized spacial score (nSPS) is 10.9. The van der Waals surface area contributed by atoms with Crippen molar-refractivity contribution >= 4 is 12.1 Å². The van der Waals surface area contributed by atoms with Gasteiger partial charge in [0.15, 0.2) is 0 Å². The minimum Gasteiger partial charge on any atom is -0.463 e. The molecule has 0 saturated heterocycles. The summed E-state index contributed by atoms with van der Waals surface area (Å²) in [7, 11) is 0. The fourth-order valence-electron chi connectivity index (χ4n) is 1.98. The van der Waals surface area contributed by atoms with Crippen LogP contribution in [0.3, 0.4) is 0 Å². The average molecular weight is 294 g/mol. The molecule has 6 nitrogen and oxygen atoms in total. The lowest BCUT2D eigenvalue weighted by atomic mass is 10.1. The molecule has 0 aliphatic rings. The van der Waals surface area contributed by atoms with Crippen LogP contribution in [0.4, 0.5) is 0 Å². The second kappa shape index (κ2) is 6.53. The van der Waals surface area contributed by atoms with Crippen molar-refractivity contribution in [3.05, 3.63) is 78.0 Å². The Labute approximate surface area is 127 Å². The number of aromatic nitrogens is 2. The van der Waals surface area contributed by atoms with Gasteiger partial charge in [0.1, 0.15) is 5.76 Å². The highest BCUT2D eigenvalue weighted by Gasteiger charge is 2.05. The van der Waals surface area contributed by atoms with Crippen molar-refractivity contribution < 1.29 is 9.21 Å². The van der Waals surface area contributed by atoms with Crippen LogP contribution in [-0.2, 0) is 6.54 Å². The topological polar surface area (TPSA) is 72.4 Å². The van der Waals surface area contributed by atoms with Crippen molar-refractivity contribution in [3.8, 4) is 0 Å². The van der Waals surface area contributed by atoms with E-state index < -0.39 is 0 Å². The Morgan fingerprint density at radius 3 is 3.05 bits per heavy atom. The summed E-state index contributed by atoms with van der Waals surface area (Å²) in [5.41, 5.74) is 4.01. The summed E-state index contributed by atoms with van der Waals surface area (Å²) in [6, 6.07) is 12.7. The zero-order valence-corrected chi connectivity index (χ0v) is 11.7. The molecule has 1 N–H and O–H groups in total. The van der Waals surface area contributed by atoms with Crippen LogP contribution in [-0.4, -0.2) is 21.9 Å². The number of nitrogens with one attached hydrogen (secondary N) is 1. The highest BCUT2D eigenvalue weighted by Crippen LogP contribution is 2.07. The van der Waals surface area contributed by atoms with E-state index in [1.165, 1.54) is 6.21 Å². The number of rotatable bonds is 5. The fourth-order valence-corrected chi connectivity index (χ4v) is 1.98. The monoisotopic (exact) mass is 294 g/mol. The molecule has 0 spiro atoms. The summed E-state index contributed by atoms with van der Waals surface area (Å²) in [5, 5.41) is 8.01. The number of benzene rings is 1. The maximum atomic E-state index is 12.0. The Hall–Kier alpha value is -3.15. The number of hydrazone groups is 1. The van der Waals surface area contributed by atoms with Gasteiger partial charge in [0, 0.05) is 18.0 Å². The Balaban J connectivity index is 1.65. The molecule has 0 radical (unpaired) electrons. The third-order valence-corrected chi connectivity index (χ3v) is 2.99. The first-order chi connectivity index (χ1) is 10.8. The van der Waals surface area contributed by atoms with Crippen LogP contribution < -0.4 is 5.43 Å². The minimum atomic E-state index is -0.273. The number of furan rings is 1. The molecule has 1 amide bonds. The van der Waals surface area contributed by atoms with Gasteiger partial charge in [-0.25, -0.2) is 5.43 Å². The number of hydrogen-bond donors (Lipinski definition) is 1. The van der Waals surface area contributed by atoms with E-state index in [1.807, 2.05) is 30.5 Å². The van der Waals surface area contributed by atoms with Gasteiger partial charge < -0.3 is 4.42 Å². The lowest BCUT2D eigenvalue weighted by molar-refractivity contribution is 0.0955. The number of amides is 1. The summed E-state index contributed by atoms with van der Waals surface area (Å²) >= 11 is 0. The maximum absolute atomic E-state index is 12.0. The number of nitrogens with zero attached hydrogens (tertiary/aromatic N) is 3. The molecule has 3 aromatic rings. The van der Waals surface area contributed by atoms with Gasteiger partial charge in [-0.2, -0.15) is 10.2 Å². The van der Waals surface area contributed by atoms with Crippen molar-refractivity contribution in [2.75, 3.05) is 0 Å². The van der Waals surface area contributed by atoms with Crippen LogP contribution in [0, 0.1) is 0 Å². The van der Waals surface area contributed by atoms with E-state index in [0.29, 0.717) is 17.9 Å². The quantitative estimate of drug-likeness (QED) is 0.579. The van der Waals surface area contributed by atoms with E-state index in [1.54, 1.807) is 35.3 Å². The molecule has 6 heteroatoms. The zero-order chi connectivity index (χ0) is 15.2. The van der Waals surface area contributed by atoms with Crippen LogP contribution in [0.2, 0.25) is 0 Å². The third-order valence-electron chi connectivity index (χ3n) is 2.99. The average Bonchev–Trinajstić information content (AvgIpc) is 3.21. The molecule has 1 aromatic carbocycles. The number of carbonyl (C=O) groups excluding carboxylic acids is 1. The lowest BCUT2D eigenvalue weighted by Gasteiger charge is -2.04. The summed E-state index contributed by atoms with van der Waals surface area (Å²) in [4.78, 5) is 12.0. The summed E-state index contributed by atoms with van der Waals surface area (Å²) in [6.07, 6.45) is 6.59. The molecule has 0 atom stereocenters. The molecule has 0 bridgehead atoms. The van der Waals surface area contributed by atoms with Gasteiger partial charge in [0.25, 0.3) is 5.91 Å². The predicted molar refractivity (Wildman–Crippen MR) is 81.5 cm³/mol. The summed E-state index contributed by atoms with van der Waals surface area (Å²) in [5.74, 6) is 0.304. The number of hydrogen-bond acceptors (Lipinski definition) is 4. The fraction of sp³-hybridized carbons (Fsp3) is 0.0625. The van der Waals surface area contributed by atoms with Gasteiger partial charge in [0.2, 0.25) is 0 Å². The largest absolute Gasteiger partial charge is 0.463 e. The molecule has 0 fully saturated rings. The Morgan fingerprint density at radius 2 is 2.27 bits per heavy atom. The highest BCUT2D eigenvalue weighted by molar-refractivity contribution is 5.94. The van der Waals surface area contributed by atoms with Crippen LogP contribution in [0.1, 0.15) is 21.7 Å². The SMILES string of the molecule is O=C(NN=Cc1ccco1)c1cccc(Cn2cccn2)c1. The molecule has 0 aliphatic carbocycles. The first-order valence-electron chi connectivity index (χ1n) is 6.74. The van der Waals surface area contributed by atoms with E-state index in [2.05, 4.69) is 15.6 Å². The van der Waals surface area contributed by atoms with E-state index in [4.69, 9.17) is 4.42 Å². The lowest BCUT2D eigenvalue weighted by Crippen LogP contribution is -2.17. The molecule has 110 valence electrons. The Bertz CT molecular complexity index is 761. The molecule has 0 unspecified atom stereocenters. The van der Waals surface area contributed by atoms with Crippen LogP contribution >= 0.6 is 0 Å². The molecule has 0 saturated carbocycles. The smallest absolute Gasteiger partial charge is 0.271 e. The van der Waals surface area contributed by atoms with Gasteiger partial charge in [-0.15, -0.1) is 0 Å². The van der Waals surface area contributed by atoms with Crippen LogP contribution in [0.15, 0.2) is 70.6 Å². The van der Waals surface area contributed by atoms with Gasteiger partial charge in [0.05, 0.1) is 19.0 Å². The van der Waals surface area contributed by atoms with Crippen molar-refractivity contribution in [3.63, 3.8) is 0 Å². The summed E-state index contributed by atoms with van der Waals surface area (Å²) in [6.45, 7) is 0.615. The van der Waals surface area contributed by atoms with Gasteiger partial charge >= 0.3 is 0 Å². The molecule has 22 heavy (non-hydrogen) atoms. The Kier molecular flexibility index (Phi) is 4.10. The van der Waals surface area contributed by atoms with E-state index in [9.17, 15) is 4.79 Å². The van der Waals surface area contributed by atoms with Crippen molar-refractivity contribution in [1.82, 2.24) is 15.2 Å². The number of carbonyl (C=O) groups is 1. The van der Waals surface area contributed by atoms with Gasteiger partial charge in [-0.3, -0.25) is 9.48 Å².